The fourth-order valence-electron chi connectivity index (χ4n) is 1.82. The molecule has 100 valence electrons. The third kappa shape index (κ3) is 3.14. The van der Waals surface area contributed by atoms with Crippen LogP contribution < -0.4 is 0 Å². The average molecular weight is 416 g/mol. The number of nitrogens with zero attached hydrogens (tertiary/aromatic N) is 1. The highest BCUT2D eigenvalue weighted by atomic mass is 127. The summed E-state index contributed by atoms with van der Waals surface area (Å²) in [6, 6.07) is 13.9. The Morgan fingerprint density at radius 1 is 1.20 bits per heavy atom. The van der Waals surface area contributed by atoms with Gasteiger partial charge in [-0.05, 0) is 52.4 Å². The fourth-order valence-corrected chi connectivity index (χ4v) is 2.84. The van der Waals surface area contributed by atoms with E-state index in [0.29, 0.717) is 21.2 Å². The lowest BCUT2D eigenvalue weighted by Gasteiger charge is -2.11. The number of benzene rings is 2. The van der Waals surface area contributed by atoms with E-state index in [9.17, 15) is 10.1 Å². The predicted octanol–water partition coefficient (Wildman–Crippen LogP) is 5.09. The number of hydrogen-bond donors (Lipinski definition) is 0. The molecule has 0 heterocycles. The Bertz CT molecular complexity index is 709. The lowest BCUT2D eigenvalue weighted by Crippen LogP contribution is -2.13. The number of carbonyl (C=O) groups is 1. The average Bonchev–Trinajstić information content (AvgIpc) is 2.44. The SMILES string of the molecule is N#CC(C(=O)c1cc(Cl)ccc1I)c1ccccc1Cl. The molecule has 0 radical (unpaired) electrons. The van der Waals surface area contributed by atoms with Crippen molar-refractivity contribution in [3.05, 3.63) is 67.2 Å². The predicted molar refractivity (Wildman–Crippen MR) is 88.3 cm³/mol. The van der Waals surface area contributed by atoms with Crippen molar-refractivity contribution >= 4 is 51.6 Å². The summed E-state index contributed by atoms with van der Waals surface area (Å²) in [7, 11) is 0. The van der Waals surface area contributed by atoms with Crippen LogP contribution >= 0.6 is 45.8 Å². The van der Waals surface area contributed by atoms with Gasteiger partial charge in [0.15, 0.2) is 5.78 Å². The van der Waals surface area contributed by atoms with E-state index < -0.39 is 5.92 Å². The summed E-state index contributed by atoms with van der Waals surface area (Å²) in [6.07, 6.45) is 0. The molecule has 2 rings (SSSR count). The zero-order valence-corrected chi connectivity index (χ0v) is 13.8. The van der Waals surface area contributed by atoms with Gasteiger partial charge in [0.05, 0.1) is 6.07 Å². The largest absolute Gasteiger partial charge is 0.292 e. The lowest BCUT2D eigenvalue weighted by atomic mass is 9.92. The quantitative estimate of drug-likeness (QED) is 0.517. The molecule has 2 aromatic rings. The van der Waals surface area contributed by atoms with Crippen LogP contribution in [0.1, 0.15) is 21.8 Å². The molecule has 0 aliphatic rings. The van der Waals surface area contributed by atoms with Crippen LogP contribution in [0.3, 0.4) is 0 Å². The summed E-state index contributed by atoms with van der Waals surface area (Å²) in [4.78, 5) is 12.6. The van der Waals surface area contributed by atoms with E-state index in [2.05, 4.69) is 0 Å². The molecule has 0 saturated heterocycles. The standard InChI is InChI=1S/C15H8Cl2INO/c16-9-5-6-14(18)11(7-9)15(20)12(8-19)10-3-1-2-4-13(10)17/h1-7,12H. The Kier molecular flexibility index (Phi) is 5.03. The van der Waals surface area contributed by atoms with Crippen molar-refractivity contribution in [2.45, 2.75) is 5.92 Å². The summed E-state index contributed by atoms with van der Waals surface area (Å²) in [5.74, 6) is -1.23. The Hall–Kier alpha value is -1.09. The van der Waals surface area contributed by atoms with Gasteiger partial charge < -0.3 is 0 Å². The van der Waals surface area contributed by atoms with Crippen molar-refractivity contribution in [1.29, 1.82) is 5.26 Å². The lowest BCUT2D eigenvalue weighted by molar-refractivity contribution is 0.0978. The van der Waals surface area contributed by atoms with Crippen LogP contribution in [0.15, 0.2) is 42.5 Å². The van der Waals surface area contributed by atoms with E-state index in [1.54, 1.807) is 42.5 Å². The van der Waals surface area contributed by atoms with Crippen LogP contribution in [0.4, 0.5) is 0 Å². The van der Waals surface area contributed by atoms with Gasteiger partial charge in [0, 0.05) is 19.2 Å². The van der Waals surface area contributed by atoms with E-state index >= 15 is 0 Å². The minimum absolute atomic E-state index is 0.299. The summed E-state index contributed by atoms with van der Waals surface area (Å²) < 4.78 is 0.754. The van der Waals surface area contributed by atoms with E-state index in [4.69, 9.17) is 23.2 Å². The van der Waals surface area contributed by atoms with Gasteiger partial charge in [-0.2, -0.15) is 5.26 Å². The van der Waals surface area contributed by atoms with Gasteiger partial charge >= 0.3 is 0 Å². The molecule has 0 fully saturated rings. The molecule has 20 heavy (non-hydrogen) atoms. The van der Waals surface area contributed by atoms with Gasteiger partial charge in [-0.25, -0.2) is 0 Å². The molecule has 0 amide bonds. The first-order valence-corrected chi connectivity index (χ1v) is 7.51. The molecule has 0 aliphatic heterocycles. The molecule has 2 nitrogen and oxygen atoms in total. The Morgan fingerprint density at radius 2 is 1.90 bits per heavy atom. The Balaban J connectivity index is 2.48. The number of carbonyl (C=O) groups excluding carboxylic acids is 1. The van der Waals surface area contributed by atoms with Crippen LogP contribution in [0, 0.1) is 14.9 Å². The minimum atomic E-state index is -0.935. The number of rotatable bonds is 3. The van der Waals surface area contributed by atoms with Gasteiger partial charge in [-0.15, -0.1) is 0 Å². The van der Waals surface area contributed by atoms with Crippen molar-refractivity contribution in [3.8, 4) is 6.07 Å². The molecule has 0 spiro atoms. The monoisotopic (exact) mass is 415 g/mol. The molecule has 0 N–H and O–H groups in total. The molecule has 2 aromatic carbocycles. The first-order valence-electron chi connectivity index (χ1n) is 5.68. The van der Waals surface area contributed by atoms with Crippen molar-refractivity contribution in [2.75, 3.05) is 0 Å². The summed E-state index contributed by atoms with van der Waals surface area (Å²) in [5.41, 5.74) is 0.946. The number of Topliss-reactive ketones (excluding diaryl/α,β-unsaturated/α-hetero) is 1. The molecular weight excluding hydrogens is 408 g/mol. The Labute approximate surface area is 140 Å². The fraction of sp³-hybridized carbons (Fsp3) is 0.0667. The molecule has 1 unspecified atom stereocenters. The zero-order valence-electron chi connectivity index (χ0n) is 10.1. The van der Waals surface area contributed by atoms with E-state index in [1.807, 2.05) is 28.7 Å². The topological polar surface area (TPSA) is 40.9 Å². The molecule has 0 aliphatic carbocycles. The first-order chi connectivity index (χ1) is 9.54. The van der Waals surface area contributed by atoms with Crippen LogP contribution in [-0.4, -0.2) is 5.78 Å². The highest BCUT2D eigenvalue weighted by molar-refractivity contribution is 14.1. The van der Waals surface area contributed by atoms with Gasteiger partial charge in [0.25, 0.3) is 0 Å². The van der Waals surface area contributed by atoms with E-state index in [1.165, 1.54) is 0 Å². The molecule has 0 bridgehead atoms. The minimum Gasteiger partial charge on any atom is -0.292 e. The normalized spacial score (nSPS) is 11.7. The highest BCUT2D eigenvalue weighted by Crippen LogP contribution is 2.29. The first kappa shape index (κ1) is 15.3. The molecule has 0 saturated carbocycles. The third-order valence-corrected chi connectivity index (χ3v) is 4.32. The second kappa shape index (κ2) is 6.57. The highest BCUT2D eigenvalue weighted by Gasteiger charge is 2.25. The summed E-state index contributed by atoms with van der Waals surface area (Å²) >= 11 is 14.0. The van der Waals surface area contributed by atoms with Gasteiger partial charge in [-0.1, -0.05) is 41.4 Å². The summed E-state index contributed by atoms with van der Waals surface area (Å²) in [6.45, 7) is 0. The van der Waals surface area contributed by atoms with Crippen LogP contribution in [0.2, 0.25) is 10.0 Å². The van der Waals surface area contributed by atoms with Gasteiger partial charge in [0.2, 0.25) is 0 Å². The second-order valence-corrected chi connectivity index (χ2v) is 6.08. The van der Waals surface area contributed by atoms with Crippen molar-refractivity contribution in [1.82, 2.24) is 0 Å². The van der Waals surface area contributed by atoms with E-state index in [-0.39, 0.29) is 5.78 Å². The maximum atomic E-state index is 12.6. The van der Waals surface area contributed by atoms with Gasteiger partial charge in [-0.3, -0.25) is 4.79 Å². The molecular formula is C15H8Cl2INO. The van der Waals surface area contributed by atoms with Crippen molar-refractivity contribution < 1.29 is 4.79 Å². The number of nitriles is 1. The Morgan fingerprint density at radius 3 is 2.55 bits per heavy atom. The number of hydrogen-bond acceptors (Lipinski definition) is 2. The number of ketones is 1. The zero-order chi connectivity index (χ0) is 14.7. The third-order valence-electron chi connectivity index (χ3n) is 2.80. The van der Waals surface area contributed by atoms with Gasteiger partial charge in [0.1, 0.15) is 5.92 Å². The maximum Gasteiger partial charge on any atom is 0.185 e. The van der Waals surface area contributed by atoms with E-state index in [0.717, 1.165) is 3.57 Å². The maximum absolute atomic E-state index is 12.6. The van der Waals surface area contributed by atoms with Crippen LogP contribution in [0.25, 0.3) is 0 Å². The van der Waals surface area contributed by atoms with Crippen molar-refractivity contribution in [3.63, 3.8) is 0 Å². The molecule has 0 aromatic heterocycles. The molecule has 1 atom stereocenters. The van der Waals surface area contributed by atoms with Crippen LogP contribution in [-0.2, 0) is 0 Å². The molecule has 5 heteroatoms. The van der Waals surface area contributed by atoms with Crippen molar-refractivity contribution in [2.24, 2.45) is 0 Å². The van der Waals surface area contributed by atoms with Crippen LogP contribution in [0.5, 0.6) is 0 Å². The summed E-state index contributed by atoms with van der Waals surface area (Å²) in [5, 5.41) is 10.2. The smallest absolute Gasteiger partial charge is 0.185 e. The second-order valence-electron chi connectivity index (χ2n) is 4.07. The number of halogens is 3.